The Labute approximate surface area is 119 Å². The molecule has 0 aliphatic heterocycles. The van der Waals surface area contributed by atoms with Crippen LogP contribution in [-0.4, -0.2) is 16.7 Å². The van der Waals surface area contributed by atoms with Crippen molar-refractivity contribution in [2.45, 2.75) is 26.8 Å². The Balaban J connectivity index is 2.01. The van der Waals surface area contributed by atoms with Gasteiger partial charge in [-0.1, -0.05) is 13.0 Å². The van der Waals surface area contributed by atoms with E-state index >= 15 is 0 Å². The first-order valence-electron chi connectivity index (χ1n) is 6.81. The molecule has 1 aromatic heterocycles. The molecule has 0 fully saturated rings. The fourth-order valence-corrected chi connectivity index (χ4v) is 1.83. The van der Waals surface area contributed by atoms with Crippen LogP contribution < -0.4 is 10.1 Å². The third-order valence-electron chi connectivity index (χ3n) is 2.86. The number of anilines is 1. The van der Waals surface area contributed by atoms with Gasteiger partial charge in [-0.25, -0.2) is 0 Å². The molecule has 2 rings (SSSR count). The first kappa shape index (κ1) is 14.2. The maximum atomic E-state index is 9.76. The van der Waals surface area contributed by atoms with Crippen molar-refractivity contribution in [1.82, 2.24) is 4.98 Å². The topological polar surface area (TPSA) is 54.4 Å². The van der Waals surface area contributed by atoms with Crippen LogP contribution in [0.4, 0.5) is 5.69 Å². The average Bonchev–Trinajstić information content (AvgIpc) is 2.46. The number of pyridine rings is 1. The Hall–Kier alpha value is -2.23. The van der Waals surface area contributed by atoms with E-state index in [1.807, 2.05) is 31.2 Å². The number of hydrogen-bond donors (Lipinski definition) is 2. The lowest BCUT2D eigenvalue weighted by Gasteiger charge is -2.10. The van der Waals surface area contributed by atoms with Gasteiger partial charge in [-0.15, -0.1) is 0 Å². The SMILES string of the molecule is CCCOc1cccc(NCc2nc(C)ccc2O)c1. The van der Waals surface area contributed by atoms with Crippen LogP contribution in [0, 0.1) is 6.92 Å². The Kier molecular flexibility index (Phi) is 4.82. The summed E-state index contributed by atoms with van der Waals surface area (Å²) in [6.45, 7) is 5.17. The van der Waals surface area contributed by atoms with Crippen LogP contribution in [0.3, 0.4) is 0 Å². The Bertz CT molecular complexity index is 570. The van der Waals surface area contributed by atoms with Crippen LogP contribution in [0.1, 0.15) is 24.7 Å². The normalized spacial score (nSPS) is 10.3. The number of aromatic nitrogens is 1. The van der Waals surface area contributed by atoms with Crippen molar-refractivity contribution < 1.29 is 9.84 Å². The quantitative estimate of drug-likeness (QED) is 0.845. The van der Waals surface area contributed by atoms with E-state index in [9.17, 15) is 5.11 Å². The molecule has 2 aromatic rings. The molecule has 0 saturated carbocycles. The van der Waals surface area contributed by atoms with E-state index in [1.54, 1.807) is 12.1 Å². The Morgan fingerprint density at radius 1 is 1.25 bits per heavy atom. The molecular formula is C16H20N2O2. The van der Waals surface area contributed by atoms with E-state index in [0.717, 1.165) is 23.6 Å². The van der Waals surface area contributed by atoms with Gasteiger partial charge in [0, 0.05) is 17.4 Å². The van der Waals surface area contributed by atoms with Crippen molar-refractivity contribution in [2.24, 2.45) is 0 Å². The van der Waals surface area contributed by atoms with Gasteiger partial charge in [0.15, 0.2) is 0 Å². The van der Waals surface area contributed by atoms with Crippen molar-refractivity contribution in [3.63, 3.8) is 0 Å². The molecule has 0 aliphatic carbocycles. The van der Waals surface area contributed by atoms with Crippen molar-refractivity contribution in [2.75, 3.05) is 11.9 Å². The third kappa shape index (κ3) is 3.88. The zero-order valence-corrected chi connectivity index (χ0v) is 11.9. The van der Waals surface area contributed by atoms with Crippen LogP contribution in [0.5, 0.6) is 11.5 Å². The summed E-state index contributed by atoms with van der Waals surface area (Å²) in [5, 5.41) is 13.0. The average molecular weight is 272 g/mol. The summed E-state index contributed by atoms with van der Waals surface area (Å²) in [6, 6.07) is 11.2. The summed E-state index contributed by atoms with van der Waals surface area (Å²) in [6.07, 6.45) is 0.985. The minimum atomic E-state index is 0.210. The van der Waals surface area contributed by atoms with E-state index in [2.05, 4.69) is 17.2 Å². The van der Waals surface area contributed by atoms with Gasteiger partial charge in [-0.2, -0.15) is 0 Å². The van der Waals surface area contributed by atoms with E-state index in [0.29, 0.717) is 18.8 Å². The maximum Gasteiger partial charge on any atom is 0.138 e. The second-order valence-corrected chi connectivity index (χ2v) is 4.65. The molecule has 4 heteroatoms. The number of aromatic hydroxyl groups is 1. The number of nitrogens with zero attached hydrogens (tertiary/aromatic N) is 1. The largest absolute Gasteiger partial charge is 0.506 e. The number of ether oxygens (including phenoxy) is 1. The highest BCUT2D eigenvalue weighted by Crippen LogP contribution is 2.20. The zero-order chi connectivity index (χ0) is 14.4. The molecule has 0 spiro atoms. The highest BCUT2D eigenvalue weighted by molar-refractivity contribution is 5.48. The van der Waals surface area contributed by atoms with Crippen LogP contribution in [0.15, 0.2) is 36.4 Å². The predicted octanol–water partition coefficient (Wildman–Crippen LogP) is 3.50. The van der Waals surface area contributed by atoms with Gasteiger partial charge >= 0.3 is 0 Å². The molecule has 1 aromatic carbocycles. The van der Waals surface area contributed by atoms with E-state index in [1.165, 1.54) is 0 Å². The highest BCUT2D eigenvalue weighted by Gasteiger charge is 2.03. The summed E-state index contributed by atoms with van der Waals surface area (Å²) in [5.74, 6) is 1.06. The van der Waals surface area contributed by atoms with Crippen molar-refractivity contribution in [3.05, 3.63) is 47.8 Å². The standard InChI is InChI=1S/C16H20N2O2/c1-3-9-20-14-6-4-5-13(10-14)17-11-15-16(19)8-7-12(2)18-15/h4-8,10,17,19H,3,9,11H2,1-2H3. The molecule has 0 amide bonds. The van der Waals surface area contributed by atoms with Gasteiger partial charge in [-0.3, -0.25) is 4.98 Å². The number of rotatable bonds is 6. The highest BCUT2D eigenvalue weighted by atomic mass is 16.5. The van der Waals surface area contributed by atoms with Crippen molar-refractivity contribution in [3.8, 4) is 11.5 Å². The second-order valence-electron chi connectivity index (χ2n) is 4.65. The lowest BCUT2D eigenvalue weighted by atomic mass is 10.2. The molecule has 20 heavy (non-hydrogen) atoms. The Morgan fingerprint density at radius 2 is 2.10 bits per heavy atom. The van der Waals surface area contributed by atoms with Gasteiger partial charge < -0.3 is 15.2 Å². The Morgan fingerprint density at radius 3 is 2.90 bits per heavy atom. The summed E-state index contributed by atoms with van der Waals surface area (Å²) >= 11 is 0. The molecule has 0 aliphatic rings. The molecule has 2 N–H and O–H groups in total. The van der Waals surface area contributed by atoms with Crippen LogP contribution >= 0.6 is 0 Å². The van der Waals surface area contributed by atoms with Gasteiger partial charge in [0.2, 0.25) is 0 Å². The van der Waals surface area contributed by atoms with Crippen molar-refractivity contribution in [1.29, 1.82) is 0 Å². The first-order chi connectivity index (χ1) is 9.69. The number of hydrogen-bond acceptors (Lipinski definition) is 4. The van der Waals surface area contributed by atoms with Gasteiger partial charge in [0.1, 0.15) is 17.2 Å². The molecule has 0 radical (unpaired) electrons. The monoisotopic (exact) mass is 272 g/mol. The summed E-state index contributed by atoms with van der Waals surface area (Å²) in [5.41, 5.74) is 2.48. The first-order valence-corrected chi connectivity index (χ1v) is 6.81. The van der Waals surface area contributed by atoms with E-state index < -0.39 is 0 Å². The van der Waals surface area contributed by atoms with Crippen LogP contribution in [0.25, 0.3) is 0 Å². The van der Waals surface area contributed by atoms with Gasteiger partial charge in [0.05, 0.1) is 13.2 Å². The van der Waals surface area contributed by atoms with E-state index in [4.69, 9.17) is 4.74 Å². The molecular weight excluding hydrogens is 252 g/mol. The van der Waals surface area contributed by atoms with Gasteiger partial charge in [-0.05, 0) is 37.6 Å². The fourth-order valence-electron chi connectivity index (χ4n) is 1.83. The number of aryl methyl sites for hydroxylation is 1. The molecule has 0 unspecified atom stereocenters. The number of nitrogens with one attached hydrogen (secondary N) is 1. The predicted molar refractivity (Wildman–Crippen MR) is 80.2 cm³/mol. The smallest absolute Gasteiger partial charge is 0.138 e. The third-order valence-corrected chi connectivity index (χ3v) is 2.86. The summed E-state index contributed by atoms with van der Waals surface area (Å²) < 4.78 is 5.59. The minimum absolute atomic E-state index is 0.210. The molecule has 1 heterocycles. The number of benzene rings is 1. The van der Waals surface area contributed by atoms with Crippen LogP contribution in [0.2, 0.25) is 0 Å². The van der Waals surface area contributed by atoms with Crippen molar-refractivity contribution >= 4 is 5.69 Å². The lowest BCUT2D eigenvalue weighted by Crippen LogP contribution is -2.03. The lowest BCUT2D eigenvalue weighted by molar-refractivity contribution is 0.317. The van der Waals surface area contributed by atoms with Gasteiger partial charge in [0.25, 0.3) is 0 Å². The zero-order valence-electron chi connectivity index (χ0n) is 11.9. The molecule has 0 bridgehead atoms. The minimum Gasteiger partial charge on any atom is -0.506 e. The summed E-state index contributed by atoms with van der Waals surface area (Å²) in [7, 11) is 0. The fraction of sp³-hybridized carbons (Fsp3) is 0.312. The molecule has 0 atom stereocenters. The van der Waals surface area contributed by atoms with Crippen LogP contribution in [-0.2, 0) is 6.54 Å². The van der Waals surface area contributed by atoms with E-state index in [-0.39, 0.29) is 5.75 Å². The molecule has 106 valence electrons. The molecule has 0 saturated heterocycles. The second kappa shape index (κ2) is 6.80. The summed E-state index contributed by atoms with van der Waals surface area (Å²) in [4.78, 5) is 4.32. The maximum absolute atomic E-state index is 9.76. The molecule has 4 nitrogen and oxygen atoms in total.